The number of nitrogens with zero attached hydrogens (tertiary/aromatic N) is 1. The number of aliphatic carboxylic acids is 1. The highest BCUT2D eigenvalue weighted by Crippen LogP contribution is 2.31. The second-order valence-electron chi connectivity index (χ2n) is 5.27. The summed E-state index contributed by atoms with van der Waals surface area (Å²) in [5.41, 5.74) is -0.326. The van der Waals surface area contributed by atoms with Crippen molar-refractivity contribution < 1.29 is 19.2 Å². The predicted octanol–water partition coefficient (Wildman–Crippen LogP) is 2.32. The van der Waals surface area contributed by atoms with E-state index in [1.807, 2.05) is 0 Å². The molecule has 2 atom stereocenters. The Morgan fingerprint density at radius 2 is 2.24 bits per heavy atom. The molecule has 1 fully saturated rings. The van der Waals surface area contributed by atoms with Crippen molar-refractivity contribution in [2.24, 2.45) is 11.8 Å². The average molecular weight is 296 g/mol. The van der Waals surface area contributed by atoms with Crippen LogP contribution in [0.5, 0.6) is 0 Å². The van der Waals surface area contributed by atoms with Crippen molar-refractivity contribution >= 4 is 11.7 Å². The molecule has 7 heteroatoms. The number of hydrogen-bond donors (Lipinski definition) is 2. The van der Waals surface area contributed by atoms with E-state index >= 15 is 0 Å². The smallest absolute Gasteiger partial charge is 0.306 e. The number of nitro groups is 1. The van der Waals surface area contributed by atoms with Gasteiger partial charge < -0.3 is 10.4 Å². The first kappa shape index (κ1) is 15.4. The molecule has 0 bridgehead atoms. The monoisotopic (exact) mass is 296 g/mol. The molecule has 1 aliphatic carbocycles. The van der Waals surface area contributed by atoms with Crippen molar-refractivity contribution in [1.29, 1.82) is 0 Å². The molecule has 2 unspecified atom stereocenters. The number of carboxylic acids is 1. The predicted molar refractivity (Wildman–Crippen MR) is 73.2 cm³/mol. The summed E-state index contributed by atoms with van der Waals surface area (Å²) in [6.07, 6.45) is 2.39. The van der Waals surface area contributed by atoms with Crippen LogP contribution in [0.3, 0.4) is 0 Å². The first-order valence-electron chi connectivity index (χ1n) is 6.86. The van der Waals surface area contributed by atoms with Crippen molar-refractivity contribution in [3.63, 3.8) is 0 Å². The lowest BCUT2D eigenvalue weighted by Crippen LogP contribution is -2.29. The summed E-state index contributed by atoms with van der Waals surface area (Å²) in [6, 6.07) is 4.04. The number of benzene rings is 1. The highest BCUT2D eigenvalue weighted by molar-refractivity contribution is 5.70. The van der Waals surface area contributed by atoms with E-state index in [9.17, 15) is 19.3 Å². The van der Waals surface area contributed by atoms with Gasteiger partial charge in [0.25, 0.3) is 0 Å². The standard InChI is InChI=1S/C14H17FN2O4/c15-13-10(4-2-6-12(13)17(20)21)8-16-7-9-3-1-5-11(9)14(18)19/h2,4,6,9,11,16H,1,3,5,7-8H2,(H,18,19). The van der Waals surface area contributed by atoms with Crippen molar-refractivity contribution in [3.05, 3.63) is 39.7 Å². The Morgan fingerprint density at radius 1 is 1.48 bits per heavy atom. The van der Waals surface area contributed by atoms with Crippen molar-refractivity contribution in [2.45, 2.75) is 25.8 Å². The topological polar surface area (TPSA) is 92.5 Å². The molecule has 0 spiro atoms. The maximum absolute atomic E-state index is 13.9. The largest absolute Gasteiger partial charge is 0.481 e. The SMILES string of the molecule is O=C(O)C1CCCC1CNCc1cccc([N+](=O)[O-])c1F. The van der Waals surface area contributed by atoms with Gasteiger partial charge in [0, 0.05) is 18.2 Å². The number of nitrogens with one attached hydrogen (secondary N) is 1. The van der Waals surface area contributed by atoms with E-state index < -0.39 is 22.4 Å². The molecule has 21 heavy (non-hydrogen) atoms. The third-order valence-electron chi connectivity index (χ3n) is 3.95. The van der Waals surface area contributed by atoms with Gasteiger partial charge in [0.05, 0.1) is 10.8 Å². The van der Waals surface area contributed by atoms with E-state index in [0.29, 0.717) is 13.0 Å². The molecule has 1 saturated carbocycles. The number of nitro benzene ring substituents is 1. The molecular weight excluding hydrogens is 279 g/mol. The fourth-order valence-electron chi connectivity index (χ4n) is 2.84. The Hall–Kier alpha value is -2.02. The molecule has 0 saturated heterocycles. The van der Waals surface area contributed by atoms with Crippen LogP contribution in [-0.2, 0) is 11.3 Å². The summed E-state index contributed by atoms with van der Waals surface area (Å²) in [7, 11) is 0. The van der Waals surface area contributed by atoms with E-state index in [4.69, 9.17) is 5.11 Å². The molecular formula is C14H17FN2O4. The minimum atomic E-state index is -0.837. The van der Waals surface area contributed by atoms with E-state index in [0.717, 1.165) is 18.9 Å². The molecule has 2 N–H and O–H groups in total. The van der Waals surface area contributed by atoms with E-state index in [-0.39, 0.29) is 23.9 Å². The summed E-state index contributed by atoms with van der Waals surface area (Å²) in [6.45, 7) is 0.620. The molecule has 6 nitrogen and oxygen atoms in total. The summed E-state index contributed by atoms with van der Waals surface area (Å²) < 4.78 is 13.9. The van der Waals surface area contributed by atoms with Crippen molar-refractivity contribution in [2.75, 3.05) is 6.54 Å². The molecule has 1 aromatic rings. The van der Waals surface area contributed by atoms with Crippen LogP contribution in [-0.4, -0.2) is 22.5 Å². The molecule has 0 aliphatic heterocycles. The molecule has 0 heterocycles. The van der Waals surface area contributed by atoms with Gasteiger partial charge in [-0.15, -0.1) is 0 Å². The molecule has 114 valence electrons. The number of rotatable bonds is 6. The molecule has 0 aromatic heterocycles. The molecule has 1 aromatic carbocycles. The van der Waals surface area contributed by atoms with Crippen LogP contribution >= 0.6 is 0 Å². The fourth-order valence-corrected chi connectivity index (χ4v) is 2.84. The first-order valence-corrected chi connectivity index (χ1v) is 6.86. The number of carboxylic acid groups (broad SMARTS) is 1. The molecule has 1 aliphatic rings. The highest BCUT2D eigenvalue weighted by Gasteiger charge is 2.32. The third kappa shape index (κ3) is 3.55. The van der Waals surface area contributed by atoms with Crippen molar-refractivity contribution in [3.8, 4) is 0 Å². The van der Waals surface area contributed by atoms with Gasteiger partial charge in [-0.25, -0.2) is 0 Å². The number of halogens is 1. The zero-order valence-electron chi connectivity index (χ0n) is 11.4. The lowest BCUT2D eigenvalue weighted by Gasteiger charge is -2.16. The summed E-state index contributed by atoms with van der Waals surface area (Å²) >= 11 is 0. The average Bonchev–Trinajstić information content (AvgIpc) is 2.89. The second-order valence-corrected chi connectivity index (χ2v) is 5.27. The van der Waals surface area contributed by atoms with E-state index in [1.54, 1.807) is 0 Å². The molecule has 2 rings (SSSR count). The zero-order chi connectivity index (χ0) is 15.4. The normalized spacial score (nSPS) is 21.4. The Labute approximate surface area is 121 Å². The summed E-state index contributed by atoms with van der Waals surface area (Å²) in [4.78, 5) is 21.0. The first-order chi connectivity index (χ1) is 10.0. The maximum atomic E-state index is 13.9. The highest BCUT2D eigenvalue weighted by atomic mass is 19.1. The second kappa shape index (κ2) is 6.62. The van der Waals surface area contributed by atoms with Crippen LogP contribution in [0.2, 0.25) is 0 Å². The van der Waals surface area contributed by atoms with Crippen LogP contribution in [0.15, 0.2) is 18.2 Å². The van der Waals surface area contributed by atoms with Crippen molar-refractivity contribution in [1.82, 2.24) is 5.32 Å². The summed E-state index contributed by atoms with van der Waals surface area (Å²) in [5, 5.41) is 22.7. The van der Waals surface area contributed by atoms with Gasteiger partial charge in [0.1, 0.15) is 0 Å². The molecule has 0 radical (unpaired) electrons. The Morgan fingerprint density at radius 3 is 2.90 bits per heavy atom. The van der Waals surface area contributed by atoms with Crippen LogP contribution in [0.25, 0.3) is 0 Å². The Balaban J connectivity index is 1.93. The van der Waals surface area contributed by atoms with Gasteiger partial charge in [-0.2, -0.15) is 4.39 Å². The van der Waals surface area contributed by atoms with Crippen LogP contribution in [0.4, 0.5) is 10.1 Å². The zero-order valence-corrected chi connectivity index (χ0v) is 11.4. The van der Waals surface area contributed by atoms with E-state index in [2.05, 4.69) is 5.32 Å². The van der Waals surface area contributed by atoms with Gasteiger partial charge in [-0.05, 0) is 25.3 Å². The Bertz CT molecular complexity index is 550. The quantitative estimate of drug-likeness (QED) is 0.621. The minimum Gasteiger partial charge on any atom is -0.481 e. The van der Waals surface area contributed by atoms with Gasteiger partial charge in [-0.1, -0.05) is 18.6 Å². The van der Waals surface area contributed by atoms with Gasteiger partial charge in [-0.3, -0.25) is 14.9 Å². The van der Waals surface area contributed by atoms with Crippen LogP contribution < -0.4 is 5.32 Å². The van der Waals surface area contributed by atoms with E-state index in [1.165, 1.54) is 12.1 Å². The minimum absolute atomic E-state index is 0.0317. The van der Waals surface area contributed by atoms with Gasteiger partial charge >= 0.3 is 11.7 Å². The van der Waals surface area contributed by atoms with Gasteiger partial charge in [0.2, 0.25) is 5.82 Å². The van der Waals surface area contributed by atoms with Gasteiger partial charge in [0.15, 0.2) is 0 Å². The lowest BCUT2D eigenvalue weighted by atomic mass is 9.96. The molecule has 0 amide bonds. The fraction of sp³-hybridized carbons (Fsp3) is 0.500. The Kier molecular flexibility index (Phi) is 4.85. The maximum Gasteiger partial charge on any atom is 0.306 e. The van der Waals surface area contributed by atoms with Crippen LogP contribution in [0, 0.1) is 27.8 Å². The van der Waals surface area contributed by atoms with Crippen LogP contribution in [0.1, 0.15) is 24.8 Å². The summed E-state index contributed by atoms with van der Waals surface area (Å²) in [5.74, 6) is -1.95. The lowest BCUT2D eigenvalue weighted by molar-refractivity contribution is -0.387. The third-order valence-corrected chi connectivity index (χ3v) is 3.95. The number of carbonyl (C=O) groups is 1. The number of hydrogen-bond acceptors (Lipinski definition) is 4.